The van der Waals surface area contributed by atoms with Crippen LogP contribution >= 0.6 is 15.9 Å². The van der Waals surface area contributed by atoms with Gasteiger partial charge in [0.2, 0.25) is 11.8 Å². The maximum absolute atomic E-state index is 12.0. The van der Waals surface area contributed by atoms with E-state index in [1.54, 1.807) is 25.1 Å². The molecule has 2 rings (SSSR count). The van der Waals surface area contributed by atoms with E-state index in [0.29, 0.717) is 36.7 Å². The summed E-state index contributed by atoms with van der Waals surface area (Å²) in [6.07, 6.45) is 1.23. The molecule has 9 heteroatoms. The first-order chi connectivity index (χ1) is 12.5. The number of aryl methyl sites for hydroxylation is 2. The maximum Gasteiger partial charge on any atom is 0.279 e. The fourth-order valence-electron chi connectivity index (χ4n) is 2.03. The Balaban J connectivity index is 1.66. The third-order valence-corrected chi connectivity index (χ3v) is 3.92. The SMILES string of the molecule is CCc1noc(CCCC(=O)NNC(=O)C(C)Oc2cccc(Br)c2)n1. The van der Waals surface area contributed by atoms with E-state index in [-0.39, 0.29) is 12.3 Å². The number of nitrogens with zero attached hydrogens (tertiary/aromatic N) is 2. The molecular formula is C17H21BrN4O4. The molecule has 2 amide bonds. The zero-order chi connectivity index (χ0) is 18.9. The van der Waals surface area contributed by atoms with Gasteiger partial charge in [-0.15, -0.1) is 0 Å². The van der Waals surface area contributed by atoms with Crippen molar-refractivity contribution in [3.63, 3.8) is 0 Å². The standard InChI is InChI=1S/C17H21BrN4O4/c1-3-14-19-16(26-22-14)9-5-8-15(23)20-21-17(24)11(2)25-13-7-4-6-12(18)10-13/h4,6-7,10-11H,3,5,8-9H2,1-2H3,(H,20,23)(H,21,24). The first-order valence-electron chi connectivity index (χ1n) is 8.30. The van der Waals surface area contributed by atoms with Crippen molar-refractivity contribution in [2.24, 2.45) is 0 Å². The zero-order valence-electron chi connectivity index (χ0n) is 14.6. The first kappa shape index (κ1) is 19.9. The van der Waals surface area contributed by atoms with Crippen LogP contribution in [-0.2, 0) is 22.4 Å². The Bertz CT molecular complexity index is 750. The van der Waals surface area contributed by atoms with Crippen LogP contribution in [0.5, 0.6) is 5.75 Å². The minimum absolute atomic E-state index is 0.227. The van der Waals surface area contributed by atoms with Crippen molar-refractivity contribution in [3.8, 4) is 5.75 Å². The van der Waals surface area contributed by atoms with Gasteiger partial charge >= 0.3 is 0 Å². The number of hydrogen-bond acceptors (Lipinski definition) is 6. The molecule has 0 fully saturated rings. The van der Waals surface area contributed by atoms with Crippen LogP contribution in [0.15, 0.2) is 33.3 Å². The molecule has 8 nitrogen and oxygen atoms in total. The van der Waals surface area contributed by atoms with Crippen LogP contribution < -0.4 is 15.6 Å². The van der Waals surface area contributed by atoms with Gasteiger partial charge in [-0.05, 0) is 31.5 Å². The fourth-order valence-corrected chi connectivity index (χ4v) is 2.41. The summed E-state index contributed by atoms with van der Waals surface area (Å²) in [5, 5.41) is 3.79. The van der Waals surface area contributed by atoms with Crippen molar-refractivity contribution in [1.82, 2.24) is 21.0 Å². The van der Waals surface area contributed by atoms with Gasteiger partial charge in [-0.3, -0.25) is 20.4 Å². The molecule has 1 aromatic carbocycles. The molecule has 2 N–H and O–H groups in total. The number of carbonyl (C=O) groups is 2. The summed E-state index contributed by atoms with van der Waals surface area (Å²) in [7, 11) is 0. The smallest absolute Gasteiger partial charge is 0.279 e. The number of amides is 2. The average Bonchev–Trinajstić information content (AvgIpc) is 3.07. The molecule has 0 spiro atoms. The molecule has 0 saturated carbocycles. The van der Waals surface area contributed by atoms with Crippen molar-refractivity contribution in [2.45, 2.75) is 45.6 Å². The van der Waals surface area contributed by atoms with Crippen molar-refractivity contribution < 1.29 is 18.8 Å². The van der Waals surface area contributed by atoms with Crippen molar-refractivity contribution in [3.05, 3.63) is 40.5 Å². The molecule has 0 aliphatic heterocycles. The predicted molar refractivity (Wildman–Crippen MR) is 97.1 cm³/mol. The summed E-state index contributed by atoms with van der Waals surface area (Å²) in [4.78, 5) is 27.9. The average molecular weight is 425 g/mol. The van der Waals surface area contributed by atoms with Gasteiger partial charge in [0.15, 0.2) is 11.9 Å². The summed E-state index contributed by atoms with van der Waals surface area (Å²) in [6.45, 7) is 3.54. The summed E-state index contributed by atoms with van der Waals surface area (Å²) >= 11 is 3.33. The molecule has 0 saturated heterocycles. The van der Waals surface area contributed by atoms with Crippen molar-refractivity contribution in [2.75, 3.05) is 0 Å². The highest BCUT2D eigenvalue weighted by Gasteiger charge is 2.15. The number of carbonyl (C=O) groups excluding carboxylic acids is 2. The van der Waals surface area contributed by atoms with Gasteiger partial charge in [0.05, 0.1) is 0 Å². The highest BCUT2D eigenvalue weighted by Crippen LogP contribution is 2.18. The van der Waals surface area contributed by atoms with Gasteiger partial charge in [-0.2, -0.15) is 4.98 Å². The number of rotatable bonds is 8. The lowest BCUT2D eigenvalue weighted by Gasteiger charge is -2.15. The molecule has 0 radical (unpaired) electrons. The molecule has 1 aromatic heterocycles. The summed E-state index contributed by atoms with van der Waals surface area (Å²) in [6, 6.07) is 7.16. The van der Waals surface area contributed by atoms with Crippen molar-refractivity contribution >= 4 is 27.7 Å². The number of halogens is 1. The summed E-state index contributed by atoms with van der Waals surface area (Å²) in [5.41, 5.74) is 4.72. The van der Waals surface area contributed by atoms with E-state index in [1.165, 1.54) is 0 Å². The van der Waals surface area contributed by atoms with Crippen LogP contribution in [0.1, 0.15) is 38.4 Å². The van der Waals surface area contributed by atoms with Crippen LogP contribution in [0.25, 0.3) is 0 Å². The zero-order valence-corrected chi connectivity index (χ0v) is 16.2. The van der Waals surface area contributed by atoms with Crippen LogP contribution in [-0.4, -0.2) is 28.1 Å². The van der Waals surface area contributed by atoms with Crippen molar-refractivity contribution in [1.29, 1.82) is 0 Å². The minimum Gasteiger partial charge on any atom is -0.481 e. The second-order valence-electron chi connectivity index (χ2n) is 5.57. The Morgan fingerprint density at radius 1 is 1.35 bits per heavy atom. The number of ether oxygens (including phenoxy) is 1. The second-order valence-corrected chi connectivity index (χ2v) is 6.48. The van der Waals surface area contributed by atoms with Gasteiger partial charge in [0.1, 0.15) is 5.75 Å². The molecule has 0 aliphatic rings. The second kappa shape index (κ2) is 9.91. The lowest BCUT2D eigenvalue weighted by molar-refractivity contribution is -0.132. The Kier molecular flexibility index (Phi) is 7.58. The monoisotopic (exact) mass is 424 g/mol. The van der Waals surface area contributed by atoms with E-state index in [1.807, 2.05) is 13.0 Å². The Morgan fingerprint density at radius 3 is 2.85 bits per heavy atom. The fraction of sp³-hybridized carbons (Fsp3) is 0.412. The lowest BCUT2D eigenvalue weighted by Crippen LogP contribution is -2.47. The predicted octanol–water partition coefficient (Wildman–Crippen LogP) is 2.33. The molecule has 1 heterocycles. The van der Waals surface area contributed by atoms with Gasteiger partial charge in [0, 0.05) is 23.7 Å². The quantitative estimate of drug-likeness (QED) is 0.629. The van der Waals surface area contributed by atoms with E-state index in [2.05, 4.69) is 36.9 Å². The Morgan fingerprint density at radius 2 is 2.15 bits per heavy atom. The highest BCUT2D eigenvalue weighted by atomic mass is 79.9. The normalized spacial score (nSPS) is 11.7. The van der Waals surface area contributed by atoms with E-state index in [0.717, 1.165) is 4.47 Å². The minimum atomic E-state index is -0.754. The number of hydrazine groups is 1. The number of hydrogen-bond donors (Lipinski definition) is 2. The van der Waals surface area contributed by atoms with Gasteiger partial charge in [-0.1, -0.05) is 34.1 Å². The van der Waals surface area contributed by atoms with E-state index < -0.39 is 12.0 Å². The lowest BCUT2D eigenvalue weighted by atomic mass is 10.2. The molecular weight excluding hydrogens is 404 g/mol. The topological polar surface area (TPSA) is 106 Å². The molecule has 0 aliphatic carbocycles. The Hall–Kier alpha value is -2.42. The van der Waals surface area contributed by atoms with Crippen LogP contribution in [0.3, 0.4) is 0 Å². The molecule has 2 aromatic rings. The number of benzene rings is 1. The van der Waals surface area contributed by atoms with Gasteiger partial charge < -0.3 is 9.26 Å². The largest absolute Gasteiger partial charge is 0.481 e. The van der Waals surface area contributed by atoms with E-state index >= 15 is 0 Å². The highest BCUT2D eigenvalue weighted by molar-refractivity contribution is 9.10. The maximum atomic E-state index is 12.0. The van der Waals surface area contributed by atoms with Gasteiger partial charge in [-0.25, -0.2) is 0 Å². The Labute approximate surface area is 159 Å². The van der Waals surface area contributed by atoms with E-state index in [9.17, 15) is 9.59 Å². The third-order valence-electron chi connectivity index (χ3n) is 3.42. The van der Waals surface area contributed by atoms with Crippen LogP contribution in [0.4, 0.5) is 0 Å². The van der Waals surface area contributed by atoms with Crippen LogP contribution in [0, 0.1) is 0 Å². The number of aromatic nitrogens is 2. The summed E-state index contributed by atoms with van der Waals surface area (Å²) < 4.78 is 11.4. The molecule has 26 heavy (non-hydrogen) atoms. The molecule has 0 bridgehead atoms. The third kappa shape index (κ3) is 6.47. The molecule has 140 valence electrons. The van der Waals surface area contributed by atoms with Gasteiger partial charge in [0.25, 0.3) is 5.91 Å². The molecule has 1 atom stereocenters. The van der Waals surface area contributed by atoms with Crippen LogP contribution in [0.2, 0.25) is 0 Å². The summed E-state index contributed by atoms with van der Waals surface area (Å²) in [5.74, 6) is 0.969. The number of nitrogens with one attached hydrogen (secondary N) is 2. The molecule has 1 unspecified atom stereocenters. The first-order valence-corrected chi connectivity index (χ1v) is 9.09. The van der Waals surface area contributed by atoms with E-state index in [4.69, 9.17) is 9.26 Å².